The van der Waals surface area contributed by atoms with Crippen LogP contribution in [0, 0.1) is 5.92 Å². The molecule has 1 N–H and O–H groups in total. The Hall–Kier alpha value is -1.40. The molecule has 1 amide bonds. The highest BCUT2D eigenvalue weighted by atomic mass is 32.2. The summed E-state index contributed by atoms with van der Waals surface area (Å²) in [5.41, 5.74) is 1.13. The van der Waals surface area contributed by atoms with E-state index in [1.165, 1.54) is 0 Å². The van der Waals surface area contributed by atoms with E-state index in [4.69, 9.17) is 4.18 Å². The van der Waals surface area contributed by atoms with Crippen LogP contribution >= 0.6 is 0 Å². The molecule has 1 heterocycles. The molecule has 0 saturated carbocycles. The standard InChI is InChI=1S/C14H19NO4S/c1-20(17,18)19-13(12-9-14(16)15-10-12)8-7-11-5-3-2-4-6-11/h2-6,12-13H,7-10H2,1H3,(H,15,16)/t12-,13?/m0/s1. The van der Waals surface area contributed by atoms with E-state index in [0.29, 0.717) is 19.4 Å². The molecule has 1 aliphatic heterocycles. The number of carbonyl (C=O) groups is 1. The first-order valence-electron chi connectivity index (χ1n) is 6.63. The lowest BCUT2D eigenvalue weighted by Gasteiger charge is -2.21. The van der Waals surface area contributed by atoms with Gasteiger partial charge >= 0.3 is 0 Å². The normalized spacial score (nSPS) is 20.6. The van der Waals surface area contributed by atoms with Crippen molar-refractivity contribution in [3.8, 4) is 0 Å². The van der Waals surface area contributed by atoms with Crippen LogP contribution in [0.2, 0.25) is 0 Å². The smallest absolute Gasteiger partial charge is 0.264 e. The molecule has 1 aromatic rings. The summed E-state index contributed by atoms with van der Waals surface area (Å²) in [4.78, 5) is 11.3. The van der Waals surface area contributed by atoms with Crippen molar-refractivity contribution in [1.82, 2.24) is 5.32 Å². The highest BCUT2D eigenvalue weighted by Gasteiger charge is 2.32. The van der Waals surface area contributed by atoms with E-state index in [1.807, 2.05) is 30.3 Å². The maximum atomic E-state index is 11.4. The number of nitrogens with one attached hydrogen (secondary N) is 1. The molecule has 110 valence electrons. The molecule has 0 aromatic heterocycles. The lowest BCUT2D eigenvalue weighted by molar-refractivity contribution is -0.119. The minimum Gasteiger partial charge on any atom is -0.356 e. The van der Waals surface area contributed by atoms with Gasteiger partial charge in [0.15, 0.2) is 0 Å². The summed E-state index contributed by atoms with van der Waals surface area (Å²) in [5.74, 6) is -0.127. The van der Waals surface area contributed by atoms with Crippen molar-refractivity contribution in [1.29, 1.82) is 0 Å². The van der Waals surface area contributed by atoms with Crippen LogP contribution in [0.15, 0.2) is 30.3 Å². The maximum absolute atomic E-state index is 11.4. The summed E-state index contributed by atoms with van der Waals surface area (Å²) in [6.45, 7) is 0.480. The zero-order valence-electron chi connectivity index (χ0n) is 11.4. The van der Waals surface area contributed by atoms with Gasteiger partial charge in [-0.15, -0.1) is 0 Å². The number of amides is 1. The molecular formula is C14H19NO4S. The largest absolute Gasteiger partial charge is 0.356 e. The third-order valence-electron chi connectivity index (χ3n) is 3.39. The summed E-state index contributed by atoms with van der Waals surface area (Å²) in [7, 11) is -3.52. The van der Waals surface area contributed by atoms with Gasteiger partial charge in [-0.2, -0.15) is 8.42 Å². The van der Waals surface area contributed by atoms with Gasteiger partial charge in [0.2, 0.25) is 5.91 Å². The predicted molar refractivity (Wildman–Crippen MR) is 75.6 cm³/mol. The second kappa shape index (κ2) is 6.37. The predicted octanol–water partition coefficient (Wildman–Crippen LogP) is 1.10. The number of rotatable bonds is 6. The summed E-state index contributed by atoms with van der Waals surface area (Å²) >= 11 is 0. The fraction of sp³-hybridized carbons (Fsp3) is 0.500. The Labute approximate surface area is 119 Å². The fourth-order valence-electron chi connectivity index (χ4n) is 2.43. The number of aryl methyl sites for hydroxylation is 1. The van der Waals surface area contributed by atoms with Crippen LogP contribution in [-0.4, -0.2) is 33.2 Å². The lowest BCUT2D eigenvalue weighted by Crippen LogP contribution is -2.29. The number of hydrogen-bond acceptors (Lipinski definition) is 4. The van der Waals surface area contributed by atoms with Crippen LogP contribution in [0.5, 0.6) is 0 Å². The van der Waals surface area contributed by atoms with E-state index >= 15 is 0 Å². The molecule has 1 fully saturated rings. The molecule has 6 heteroatoms. The van der Waals surface area contributed by atoms with Crippen LogP contribution in [-0.2, 0) is 25.5 Å². The molecule has 0 radical (unpaired) electrons. The average molecular weight is 297 g/mol. The monoisotopic (exact) mass is 297 g/mol. The summed E-state index contributed by atoms with van der Waals surface area (Å²) < 4.78 is 27.9. The Morgan fingerprint density at radius 1 is 1.35 bits per heavy atom. The van der Waals surface area contributed by atoms with Gasteiger partial charge < -0.3 is 5.32 Å². The molecule has 0 aliphatic carbocycles. The van der Waals surface area contributed by atoms with Gasteiger partial charge in [0, 0.05) is 18.9 Å². The first-order chi connectivity index (χ1) is 9.44. The second-order valence-electron chi connectivity index (χ2n) is 5.13. The first kappa shape index (κ1) is 15.0. The number of benzene rings is 1. The zero-order chi connectivity index (χ0) is 14.6. The third-order valence-corrected chi connectivity index (χ3v) is 3.99. The minimum atomic E-state index is -3.52. The van der Waals surface area contributed by atoms with E-state index in [2.05, 4.69) is 5.32 Å². The van der Waals surface area contributed by atoms with Crippen molar-refractivity contribution in [2.24, 2.45) is 5.92 Å². The highest BCUT2D eigenvalue weighted by Crippen LogP contribution is 2.22. The zero-order valence-corrected chi connectivity index (χ0v) is 12.2. The Balaban J connectivity index is 2.01. The van der Waals surface area contributed by atoms with Crippen molar-refractivity contribution >= 4 is 16.0 Å². The SMILES string of the molecule is CS(=O)(=O)OC(CCc1ccccc1)[C@@H]1CNC(=O)C1. The highest BCUT2D eigenvalue weighted by molar-refractivity contribution is 7.86. The van der Waals surface area contributed by atoms with Crippen LogP contribution in [0.1, 0.15) is 18.4 Å². The van der Waals surface area contributed by atoms with Gasteiger partial charge in [-0.3, -0.25) is 8.98 Å². The summed E-state index contributed by atoms with van der Waals surface area (Å²) in [6.07, 6.45) is 2.23. The van der Waals surface area contributed by atoms with Gasteiger partial charge in [-0.05, 0) is 18.4 Å². The molecule has 0 spiro atoms. The van der Waals surface area contributed by atoms with E-state index < -0.39 is 16.2 Å². The van der Waals surface area contributed by atoms with Crippen molar-refractivity contribution in [2.45, 2.75) is 25.4 Å². The van der Waals surface area contributed by atoms with Crippen LogP contribution in [0.4, 0.5) is 0 Å². The van der Waals surface area contributed by atoms with Crippen molar-refractivity contribution in [2.75, 3.05) is 12.8 Å². The molecule has 1 saturated heterocycles. The third kappa shape index (κ3) is 4.61. The van der Waals surface area contributed by atoms with E-state index in [0.717, 1.165) is 18.2 Å². The van der Waals surface area contributed by atoms with Gasteiger partial charge in [-0.25, -0.2) is 0 Å². The summed E-state index contributed by atoms with van der Waals surface area (Å²) in [5, 5.41) is 2.72. The second-order valence-corrected chi connectivity index (χ2v) is 6.73. The Morgan fingerprint density at radius 3 is 2.60 bits per heavy atom. The van der Waals surface area contributed by atoms with Crippen molar-refractivity contribution < 1.29 is 17.4 Å². The minimum absolute atomic E-state index is 0.0446. The van der Waals surface area contributed by atoms with Gasteiger partial charge in [-0.1, -0.05) is 30.3 Å². The fourth-order valence-corrected chi connectivity index (χ4v) is 3.13. The topological polar surface area (TPSA) is 72.5 Å². The molecule has 2 rings (SSSR count). The molecule has 1 aliphatic rings. The van der Waals surface area contributed by atoms with Crippen LogP contribution in [0.25, 0.3) is 0 Å². The Morgan fingerprint density at radius 2 is 2.05 bits per heavy atom. The first-order valence-corrected chi connectivity index (χ1v) is 8.44. The van der Waals surface area contributed by atoms with Crippen molar-refractivity contribution in [3.05, 3.63) is 35.9 Å². The maximum Gasteiger partial charge on any atom is 0.264 e. The number of hydrogen-bond donors (Lipinski definition) is 1. The van der Waals surface area contributed by atoms with Gasteiger partial charge in [0.25, 0.3) is 10.1 Å². The van der Waals surface area contributed by atoms with E-state index in [-0.39, 0.29) is 11.8 Å². The van der Waals surface area contributed by atoms with Gasteiger partial charge in [0.05, 0.1) is 12.4 Å². The summed E-state index contributed by atoms with van der Waals surface area (Å²) in [6, 6.07) is 9.82. The Bertz CT molecular complexity index is 556. The van der Waals surface area contributed by atoms with E-state index in [1.54, 1.807) is 0 Å². The Kier molecular flexibility index (Phi) is 4.77. The molecule has 20 heavy (non-hydrogen) atoms. The molecule has 1 unspecified atom stereocenters. The molecule has 1 aromatic carbocycles. The molecule has 0 bridgehead atoms. The van der Waals surface area contributed by atoms with Gasteiger partial charge in [0.1, 0.15) is 0 Å². The lowest BCUT2D eigenvalue weighted by atomic mass is 9.95. The van der Waals surface area contributed by atoms with E-state index in [9.17, 15) is 13.2 Å². The number of carbonyl (C=O) groups excluding carboxylic acids is 1. The van der Waals surface area contributed by atoms with Crippen LogP contribution < -0.4 is 5.32 Å². The molecule has 2 atom stereocenters. The van der Waals surface area contributed by atoms with Crippen LogP contribution in [0.3, 0.4) is 0 Å². The quantitative estimate of drug-likeness (QED) is 0.798. The molecular weight excluding hydrogens is 278 g/mol. The average Bonchev–Trinajstić information content (AvgIpc) is 2.81. The van der Waals surface area contributed by atoms with Crippen molar-refractivity contribution in [3.63, 3.8) is 0 Å². The molecule has 5 nitrogen and oxygen atoms in total.